The van der Waals surface area contributed by atoms with Gasteiger partial charge in [0.15, 0.2) is 0 Å². The van der Waals surface area contributed by atoms with E-state index in [1.807, 2.05) is 79.7 Å². The second-order valence-electron chi connectivity index (χ2n) is 6.51. The Morgan fingerprint density at radius 3 is 2.56 bits per heavy atom. The number of fused-ring (bicyclic) bond motifs is 2. The molecule has 1 aliphatic heterocycles. The average molecular weight is 352 g/mol. The van der Waals surface area contributed by atoms with Gasteiger partial charge in [-0.3, -0.25) is 4.99 Å². The molecule has 0 aliphatic carbocycles. The molecule has 1 N–H and O–H groups in total. The van der Waals surface area contributed by atoms with Gasteiger partial charge in [0, 0.05) is 22.4 Å². The normalized spacial score (nSPS) is 14.6. The van der Waals surface area contributed by atoms with Gasteiger partial charge in [-0.25, -0.2) is 4.98 Å². The molecule has 1 aliphatic rings. The zero-order valence-corrected chi connectivity index (χ0v) is 14.7. The Labute approximate surface area is 156 Å². The van der Waals surface area contributed by atoms with Crippen LogP contribution in [0.25, 0.3) is 33.9 Å². The van der Waals surface area contributed by atoms with Crippen molar-refractivity contribution >= 4 is 33.8 Å². The number of rotatable bonds is 2. The smallest absolute Gasteiger partial charge is 0.310 e. The number of nitrogens with zero attached hydrogens (tertiary/aromatic N) is 2. The maximum absolute atomic E-state index is 10.3. The number of oxazole rings is 1. The molecular formula is C23H16N2O2. The van der Waals surface area contributed by atoms with Crippen LogP contribution in [0.1, 0.15) is 18.2 Å². The van der Waals surface area contributed by atoms with Gasteiger partial charge in [-0.05, 0) is 35.9 Å². The van der Waals surface area contributed by atoms with Crippen LogP contribution in [0.5, 0.6) is 5.95 Å². The summed E-state index contributed by atoms with van der Waals surface area (Å²) in [5, 5.41) is 12.5. The molecule has 0 atom stereocenters. The van der Waals surface area contributed by atoms with E-state index >= 15 is 0 Å². The average Bonchev–Trinajstić information content (AvgIpc) is 3.21. The number of aromatic nitrogens is 1. The van der Waals surface area contributed by atoms with E-state index in [2.05, 4.69) is 9.98 Å². The quantitative estimate of drug-likeness (QED) is 0.492. The first-order valence-electron chi connectivity index (χ1n) is 8.75. The van der Waals surface area contributed by atoms with Crippen molar-refractivity contribution in [3.05, 3.63) is 78.0 Å². The molecule has 5 rings (SSSR count). The minimum atomic E-state index is -0.192. The van der Waals surface area contributed by atoms with E-state index in [0.717, 1.165) is 38.9 Å². The van der Waals surface area contributed by atoms with Gasteiger partial charge in [-0.15, -0.1) is 0 Å². The zero-order valence-electron chi connectivity index (χ0n) is 14.7. The molecule has 0 unspecified atom stereocenters. The predicted octanol–water partition coefficient (Wildman–Crippen LogP) is 5.85. The van der Waals surface area contributed by atoms with Crippen LogP contribution in [0, 0.1) is 0 Å². The topological polar surface area (TPSA) is 58.6 Å². The number of aromatic hydroxyl groups is 1. The van der Waals surface area contributed by atoms with Crippen molar-refractivity contribution in [1.29, 1.82) is 0 Å². The van der Waals surface area contributed by atoms with Crippen LogP contribution in [0.4, 0.5) is 5.69 Å². The molecule has 2 heterocycles. The first-order chi connectivity index (χ1) is 13.2. The van der Waals surface area contributed by atoms with Crippen LogP contribution < -0.4 is 0 Å². The summed E-state index contributed by atoms with van der Waals surface area (Å²) in [6.07, 6.45) is 1.83. The van der Waals surface area contributed by atoms with Gasteiger partial charge >= 0.3 is 5.95 Å². The number of aliphatic imine (C=N–C) groups is 1. The number of hydrogen-bond donors (Lipinski definition) is 1. The predicted molar refractivity (Wildman–Crippen MR) is 108 cm³/mol. The molecule has 0 fully saturated rings. The zero-order chi connectivity index (χ0) is 18.4. The van der Waals surface area contributed by atoms with E-state index in [-0.39, 0.29) is 5.95 Å². The molecule has 4 aromatic rings. The number of hydrogen-bond acceptors (Lipinski definition) is 4. The molecule has 0 radical (unpaired) electrons. The largest absolute Gasteiger partial charge is 0.479 e. The number of allylic oxidation sites excluding steroid dienone is 1. The van der Waals surface area contributed by atoms with E-state index < -0.39 is 0 Å². The highest BCUT2D eigenvalue weighted by atomic mass is 16.5. The summed E-state index contributed by atoms with van der Waals surface area (Å²) in [5.74, 6) is 0.208. The second kappa shape index (κ2) is 5.95. The summed E-state index contributed by atoms with van der Waals surface area (Å²) < 4.78 is 5.60. The van der Waals surface area contributed by atoms with Crippen LogP contribution in [-0.2, 0) is 0 Å². The van der Waals surface area contributed by atoms with Crippen LogP contribution >= 0.6 is 0 Å². The fourth-order valence-electron chi connectivity index (χ4n) is 3.50. The van der Waals surface area contributed by atoms with Crippen LogP contribution in [0.2, 0.25) is 0 Å². The van der Waals surface area contributed by atoms with Gasteiger partial charge in [0.2, 0.25) is 5.89 Å². The molecule has 0 spiro atoms. The summed E-state index contributed by atoms with van der Waals surface area (Å²) in [6.45, 7) is 1.95. The number of para-hydroxylation sites is 1. The van der Waals surface area contributed by atoms with Crippen molar-refractivity contribution in [2.45, 2.75) is 6.92 Å². The van der Waals surface area contributed by atoms with Gasteiger partial charge < -0.3 is 9.52 Å². The molecule has 0 bridgehead atoms. The third-order valence-electron chi connectivity index (χ3n) is 4.81. The molecule has 3 aromatic carbocycles. The van der Waals surface area contributed by atoms with Crippen LogP contribution in [-0.4, -0.2) is 15.8 Å². The van der Waals surface area contributed by atoms with Gasteiger partial charge in [0.25, 0.3) is 0 Å². The summed E-state index contributed by atoms with van der Waals surface area (Å²) in [5.41, 5.74) is 5.05. The Morgan fingerprint density at radius 2 is 1.63 bits per heavy atom. The van der Waals surface area contributed by atoms with E-state index in [9.17, 15) is 5.11 Å². The highest BCUT2D eigenvalue weighted by Gasteiger charge is 2.20. The molecular weight excluding hydrogens is 336 g/mol. The van der Waals surface area contributed by atoms with Crippen molar-refractivity contribution < 1.29 is 9.52 Å². The minimum absolute atomic E-state index is 0.192. The van der Waals surface area contributed by atoms with Gasteiger partial charge in [0.1, 0.15) is 5.69 Å². The van der Waals surface area contributed by atoms with Gasteiger partial charge in [0.05, 0.1) is 5.69 Å². The fourth-order valence-corrected chi connectivity index (χ4v) is 3.50. The fraction of sp³-hybridized carbons (Fsp3) is 0.0435. The molecule has 130 valence electrons. The molecule has 27 heavy (non-hydrogen) atoms. The first-order valence-corrected chi connectivity index (χ1v) is 8.75. The second-order valence-corrected chi connectivity index (χ2v) is 6.51. The Hall–Kier alpha value is -3.66. The molecule has 4 heteroatoms. The molecule has 0 amide bonds. The SMILES string of the molecule is CC1=Nc2ccccc2/C1=C\c1nc(-c2cccc3ccccc23)oc1O. The van der Waals surface area contributed by atoms with Crippen molar-refractivity contribution in [3.8, 4) is 17.4 Å². The first kappa shape index (κ1) is 15.6. The molecule has 4 nitrogen and oxygen atoms in total. The molecule has 0 saturated heterocycles. The summed E-state index contributed by atoms with van der Waals surface area (Å²) in [4.78, 5) is 9.13. The maximum atomic E-state index is 10.3. The summed E-state index contributed by atoms with van der Waals surface area (Å²) in [7, 11) is 0. The lowest BCUT2D eigenvalue weighted by atomic mass is 10.0. The monoisotopic (exact) mass is 352 g/mol. The Kier molecular flexibility index (Phi) is 3.44. The van der Waals surface area contributed by atoms with Crippen molar-refractivity contribution in [2.75, 3.05) is 0 Å². The minimum Gasteiger partial charge on any atom is -0.479 e. The van der Waals surface area contributed by atoms with Gasteiger partial charge in [-0.1, -0.05) is 54.6 Å². The maximum Gasteiger partial charge on any atom is 0.310 e. The third kappa shape index (κ3) is 2.54. The highest BCUT2D eigenvalue weighted by Crippen LogP contribution is 2.38. The highest BCUT2D eigenvalue weighted by molar-refractivity contribution is 6.31. The standard InChI is InChI=1S/C23H16N2O2/c1-14-19(17-10-4-5-12-20(17)24-14)13-21-23(26)27-22(25-21)18-11-6-8-15-7-2-3-9-16(15)18/h2-13,26H,1H3/b19-13-. The lowest BCUT2D eigenvalue weighted by Gasteiger charge is -2.02. The Bertz CT molecular complexity index is 1240. The van der Waals surface area contributed by atoms with Crippen molar-refractivity contribution in [2.24, 2.45) is 4.99 Å². The Morgan fingerprint density at radius 1 is 0.889 bits per heavy atom. The molecule has 1 aromatic heterocycles. The summed E-state index contributed by atoms with van der Waals surface area (Å²) >= 11 is 0. The third-order valence-corrected chi connectivity index (χ3v) is 4.81. The lowest BCUT2D eigenvalue weighted by molar-refractivity contribution is 0.336. The van der Waals surface area contributed by atoms with Crippen molar-refractivity contribution in [3.63, 3.8) is 0 Å². The molecule has 0 saturated carbocycles. The lowest BCUT2D eigenvalue weighted by Crippen LogP contribution is -1.90. The van der Waals surface area contributed by atoms with E-state index in [0.29, 0.717) is 11.6 Å². The van der Waals surface area contributed by atoms with E-state index in [1.165, 1.54) is 0 Å². The number of benzene rings is 3. The van der Waals surface area contributed by atoms with E-state index in [4.69, 9.17) is 4.42 Å². The van der Waals surface area contributed by atoms with E-state index in [1.54, 1.807) is 0 Å². The van der Waals surface area contributed by atoms with Crippen LogP contribution in [0.3, 0.4) is 0 Å². The van der Waals surface area contributed by atoms with Crippen LogP contribution in [0.15, 0.2) is 76.1 Å². The Balaban J connectivity index is 1.63. The van der Waals surface area contributed by atoms with Gasteiger partial charge in [-0.2, -0.15) is 0 Å². The van der Waals surface area contributed by atoms with Crippen molar-refractivity contribution in [1.82, 2.24) is 4.98 Å². The summed E-state index contributed by atoms with van der Waals surface area (Å²) in [6, 6.07) is 21.9.